The van der Waals surface area contributed by atoms with Gasteiger partial charge in [-0.1, -0.05) is 11.8 Å². The minimum absolute atomic E-state index is 0.575. The summed E-state index contributed by atoms with van der Waals surface area (Å²) in [6.45, 7) is 8.73. The second-order valence-electron chi connectivity index (χ2n) is 3.21. The highest BCUT2D eigenvalue weighted by Gasteiger charge is 2.15. The third-order valence-corrected chi connectivity index (χ3v) is 2.72. The quantitative estimate of drug-likeness (QED) is 0.593. The molecule has 0 radical (unpaired) electrons. The third-order valence-electron chi connectivity index (χ3n) is 1.62. The average Bonchev–Trinajstić information content (AvgIpc) is 2.32. The molecule has 0 aromatic carbocycles. The second-order valence-corrected chi connectivity index (χ2v) is 4.10. The van der Waals surface area contributed by atoms with Crippen LogP contribution in [0.2, 0.25) is 0 Å². The number of hydrogen-bond donors (Lipinski definition) is 0. The van der Waals surface area contributed by atoms with Gasteiger partial charge in [-0.3, -0.25) is 0 Å². The minimum Gasteiger partial charge on any atom is -0.340 e. The molecule has 0 N–H and O–H groups in total. The van der Waals surface area contributed by atoms with E-state index in [1.807, 2.05) is 11.8 Å². The summed E-state index contributed by atoms with van der Waals surface area (Å²) in [5.74, 6) is 0. The Balaban J connectivity index is 2.80. The van der Waals surface area contributed by atoms with E-state index in [0.29, 0.717) is 6.04 Å². The van der Waals surface area contributed by atoms with Gasteiger partial charge in [-0.25, -0.2) is 0 Å². The Morgan fingerprint density at radius 1 is 1.45 bits per heavy atom. The van der Waals surface area contributed by atoms with E-state index >= 15 is 0 Å². The maximum atomic E-state index is 2.31. The molecule has 1 heterocycles. The van der Waals surface area contributed by atoms with Crippen LogP contribution in [0, 0.1) is 0 Å². The second kappa shape index (κ2) is 3.35. The van der Waals surface area contributed by atoms with Crippen LogP contribution in [0.3, 0.4) is 0 Å². The molecule has 62 valence electrons. The summed E-state index contributed by atoms with van der Waals surface area (Å²) in [5, 5.41) is 3.53. The van der Waals surface area contributed by atoms with E-state index in [0.717, 1.165) is 0 Å². The van der Waals surface area contributed by atoms with Crippen LogP contribution in [0.15, 0.2) is 22.2 Å². The molecule has 0 aromatic rings. The molecule has 0 fully saturated rings. The first kappa shape index (κ1) is 8.72. The number of nitrogens with zero attached hydrogens (tertiary/aromatic N) is 1. The van der Waals surface area contributed by atoms with Gasteiger partial charge < -0.3 is 4.90 Å². The minimum atomic E-state index is 0.575. The van der Waals surface area contributed by atoms with Crippen molar-refractivity contribution in [2.75, 3.05) is 0 Å². The molecule has 0 amide bonds. The van der Waals surface area contributed by atoms with Crippen LogP contribution in [0.25, 0.3) is 0 Å². The first-order chi connectivity index (χ1) is 5.13. The van der Waals surface area contributed by atoms with Gasteiger partial charge in [0.1, 0.15) is 0 Å². The third kappa shape index (κ3) is 1.80. The number of allylic oxidation sites excluding steroid dienone is 1. The lowest BCUT2D eigenvalue weighted by molar-refractivity contribution is 0.410. The van der Waals surface area contributed by atoms with Crippen molar-refractivity contribution in [3.05, 3.63) is 22.2 Å². The van der Waals surface area contributed by atoms with Crippen molar-refractivity contribution in [1.82, 2.24) is 4.90 Å². The van der Waals surface area contributed by atoms with Crippen molar-refractivity contribution in [3.63, 3.8) is 0 Å². The lowest BCUT2D eigenvalue weighted by Crippen LogP contribution is -2.21. The average molecular weight is 169 g/mol. The Kier molecular flexibility index (Phi) is 2.66. The summed E-state index contributed by atoms with van der Waals surface area (Å²) in [6, 6.07) is 0.575. The standard InChI is InChI=1S/C9H15NS/c1-7(2)9-10(8(3)4)5-6-11-9/h5-6,8H,1-4H3. The number of hydrogen-bond acceptors (Lipinski definition) is 2. The van der Waals surface area contributed by atoms with Crippen molar-refractivity contribution < 1.29 is 0 Å². The monoisotopic (exact) mass is 169 g/mol. The fourth-order valence-corrected chi connectivity index (χ4v) is 2.02. The molecule has 0 atom stereocenters. The molecule has 0 spiro atoms. The van der Waals surface area contributed by atoms with E-state index in [9.17, 15) is 0 Å². The van der Waals surface area contributed by atoms with Gasteiger partial charge in [0.05, 0.1) is 5.03 Å². The zero-order valence-electron chi connectivity index (χ0n) is 7.59. The Morgan fingerprint density at radius 3 is 2.45 bits per heavy atom. The van der Waals surface area contributed by atoms with Gasteiger partial charge in [0.2, 0.25) is 0 Å². The summed E-state index contributed by atoms with van der Waals surface area (Å²) in [5.41, 5.74) is 1.40. The maximum absolute atomic E-state index is 2.31. The summed E-state index contributed by atoms with van der Waals surface area (Å²) < 4.78 is 0. The molecule has 1 aliphatic rings. The summed E-state index contributed by atoms with van der Waals surface area (Å²) in [4.78, 5) is 2.31. The SMILES string of the molecule is CC(C)=C1SC=CN1C(C)C. The van der Waals surface area contributed by atoms with Crippen LogP contribution in [0.1, 0.15) is 27.7 Å². The van der Waals surface area contributed by atoms with Crippen molar-refractivity contribution in [3.8, 4) is 0 Å². The van der Waals surface area contributed by atoms with Crippen molar-refractivity contribution in [1.29, 1.82) is 0 Å². The first-order valence-corrected chi connectivity index (χ1v) is 4.80. The van der Waals surface area contributed by atoms with Gasteiger partial charge in [0.15, 0.2) is 0 Å². The number of rotatable bonds is 1. The van der Waals surface area contributed by atoms with Crippen molar-refractivity contribution in [2.24, 2.45) is 0 Å². The van der Waals surface area contributed by atoms with E-state index in [-0.39, 0.29) is 0 Å². The molecule has 0 saturated carbocycles. The molecular weight excluding hydrogens is 154 g/mol. The smallest absolute Gasteiger partial charge is 0.0779 e. The Labute approximate surface area is 73.2 Å². The molecule has 0 bridgehead atoms. The number of thioether (sulfide) groups is 1. The molecule has 0 aliphatic carbocycles. The van der Waals surface area contributed by atoms with E-state index in [1.54, 1.807) is 0 Å². The first-order valence-electron chi connectivity index (χ1n) is 3.92. The highest BCUT2D eigenvalue weighted by Crippen LogP contribution is 2.32. The Hall–Kier alpha value is -0.370. The zero-order valence-corrected chi connectivity index (χ0v) is 8.40. The molecule has 1 rings (SSSR count). The fraction of sp³-hybridized carbons (Fsp3) is 0.556. The Morgan fingerprint density at radius 2 is 2.09 bits per heavy atom. The summed E-state index contributed by atoms with van der Waals surface area (Å²) >= 11 is 1.81. The van der Waals surface area contributed by atoms with Gasteiger partial charge in [0.25, 0.3) is 0 Å². The van der Waals surface area contributed by atoms with Gasteiger partial charge >= 0.3 is 0 Å². The largest absolute Gasteiger partial charge is 0.340 e. The predicted molar refractivity (Wildman–Crippen MR) is 52.1 cm³/mol. The Bertz CT molecular complexity index is 200. The molecule has 2 heteroatoms. The maximum Gasteiger partial charge on any atom is 0.0779 e. The van der Waals surface area contributed by atoms with E-state index in [1.165, 1.54) is 10.6 Å². The molecule has 0 unspecified atom stereocenters. The van der Waals surface area contributed by atoms with Crippen LogP contribution >= 0.6 is 11.8 Å². The molecule has 0 aromatic heterocycles. The van der Waals surface area contributed by atoms with Crippen molar-refractivity contribution in [2.45, 2.75) is 33.7 Å². The van der Waals surface area contributed by atoms with Gasteiger partial charge in [0, 0.05) is 12.2 Å². The predicted octanol–water partition coefficient (Wildman–Crippen LogP) is 3.17. The van der Waals surface area contributed by atoms with Gasteiger partial charge in [-0.15, -0.1) is 0 Å². The molecular formula is C9H15NS. The molecule has 0 saturated heterocycles. The normalized spacial score (nSPS) is 16.8. The molecule has 1 aliphatic heterocycles. The highest BCUT2D eigenvalue weighted by molar-refractivity contribution is 8.06. The van der Waals surface area contributed by atoms with Crippen LogP contribution < -0.4 is 0 Å². The van der Waals surface area contributed by atoms with Crippen LogP contribution in [-0.2, 0) is 0 Å². The topological polar surface area (TPSA) is 3.24 Å². The lowest BCUT2D eigenvalue weighted by Gasteiger charge is -2.23. The lowest BCUT2D eigenvalue weighted by atomic mass is 10.3. The van der Waals surface area contributed by atoms with E-state index in [4.69, 9.17) is 0 Å². The highest BCUT2D eigenvalue weighted by atomic mass is 32.2. The molecule has 1 nitrogen and oxygen atoms in total. The fourth-order valence-electron chi connectivity index (χ4n) is 1.07. The van der Waals surface area contributed by atoms with Crippen LogP contribution in [-0.4, -0.2) is 10.9 Å². The van der Waals surface area contributed by atoms with E-state index < -0.39 is 0 Å². The zero-order chi connectivity index (χ0) is 8.43. The van der Waals surface area contributed by atoms with Crippen LogP contribution in [0.4, 0.5) is 0 Å². The van der Waals surface area contributed by atoms with Crippen molar-refractivity contribution >= 4 is 11.8 Å². The van der Waals surface area contributed by atoms with Gasteiger partial charge in [-0.05, 0) is 38.7 Å². The molecule has 11 heavy (non-hydrogen) atoms. The summed E-state index contributed by atoms with van der Waals surface area (Å²) in [6.07, 6.45) is 2.15. The van der Waals surface area contributed by atoms with Crippen LogP contribution in [0.5, 0.6) is 0 Å². The summed E-state index contributed by atoms with van der Waals surface area (Å²) in [7, 11) is 0. The van der Waals surface area contributed by atoms with Gasteiger partial charge in [-0.2, -0.15) is 0 Å². The van der Waals surface area contributed by atoms with E-state index in [2.05, 4.69) is 44.2 Å².